The molecular weight excluding hydrogens is 580 g/mol. The highest BCUT2D eigenvalue weighted by Crippen LogP contribution is 2.41. The first kappa shape index (κ1) is 32.5. The summed E-state index contributed by atoms with van der Waals surface area (Å²) < 4.78 is 0. The van der Waals surface area contributed by atoms with Crippen molar-refractivity contribution in [3.05, 3.63) is 84.7 Å². The van der Waals surface area contributed by atoms with E-state index in [1.165, 1.54) is 0 Å². The molecule has 2 aliphatic rings. The SMILES string of the molecule is CC(C)CN1C(=CC=CC=CC2N(CC(C)C)c3nc4ccccc4nc3N2CC(C)C)N(CC(C)C)c2nc3ccccc3nc21. The second-order valence-corrected chi connectivity index (χ2v) is 14.5. The Labute approximate surface area is 280 Å². The van der Waals surface area contributed by atoms with E-state index in [1.807, 2.05) is 24.3 Å². The third kappa shape index (κ3) is 6.83. The monoisotopic (exact) mass is 630 g/mol. The van der Waals surface area contributed by atoms with Crippen molar-refractivity contribution in [2.45, 2.75) is 61.6 Å². The van der Waals surface area contributed by atoms with Gasteiger partial charge in [0.1, 0.15) is 12.0 Å². The van der Waals surface area contributed by atoms with Gasteiger partial charge < -0.3 is 19.6 Å². The van der Waals surface area contributed by atoms with Gasteiger partial charge in [-0.05, 0) is 60.1 Å². The highest BCUT2D eigenvalue weighted by atomic mass is 15.5. The quantitative estimate of drug-likeness (QED) is 0.153. The van der Waals surface area contributed by atoms with Gasteiger partial charge in [-0.3, -0.25) is 0 Å². The van der Waals surface area contributed by atoms with Crippen LogP contribution in [-0.2, 0) is 0 Å². The molecule has 4 aromatic rings. The highest BCUT2D eigenvalue weighted by molar-refractivity contribution is 5.86. The first-order chi connectivity index (χ1) is 22.6. The van der Waals surface area contributed by atoms with E-state index >= 15 is 0 Å². The van der Waals surface area contributed by atoms with Crippen molar-refractivity contribution < 1.29 is 0 Å². The van der Waals surface area contributed by atoms with E-state index in [1.54, 1.807) is 0 Å². The van der Waals surface area contributed by atoms with Crippen LogP contribution in [0, 0.1) is 23.7 Å². The summed E-state index contributed by atoms with van der Waals surface area (Å²) >= 11 is 0. The number of aromatic nitrogens is 4. The van der Waals surface area contributed by atoms with Crippen LogP contribution in [0.3, 0.4) is 0 Å². The van der Waals surface area contributed by atoms with Gasteiger partial charge in [-0.1, -0.05) is 97.9 Å². The zero-order valence-corrected chi connectivity index (χ0v) is 29.3. The highest BCUT2D eigenvalue weighted by Gasteiger charge is 2.38. The average Bonchev–Trinajstić information content (AvgIpc) is 3.43. The number of para-hydroxylation sites is 4. The number of nitrogens with zero attached hydrogens (tertiary/aromatic N) is 8. The van der Waals surface area contributed by atoms with Crippen LogP contribution in [0.25, 0.3) is 22.1 Å². The van der Waals surface area contributed by atoms with E-state index in [-0.39, 0.29) is 6.17 Å². The summed E-state index contributed by atoms with van der Waals surface area (Å²) in [5.41, 5.74) is 3.73. The van der Waals surface area contributed by atoms with Gasteiger partial charge in [0.25, 0.3) is 0 Å². The standard InChI is InChI=1S/C39H50N8/c1-26(2)22-44-34(45(23-27(3)4)37-36(44)40-30-16-12-13-17-31(30)41-37)20-10-9-11-21-35-46(24-28(5)6)38-39(47(35)25-29(7)8)43-33-19-15-14-18-32(33)42-38/h9-21,26-29,34H,22-25H2,1-8H3. The van der Waals surface area contributed by atoms with Crippen LogP contribution in [0.4, 0.5) is 23.3 Å². The topological polar surface area (TPSA) is 64.5 Å². The average molecular weight is 631 g/mol. The van der Waals surface area contributed by atoms with Crippen LogP contribution in [0.15, 0.2) is 84.7 Å². The molecule has 2 aliphatic heterocycles. The minimum Gasteiger partial charge on any atom is -0.329 e. The van der Waals surface area contributed by atoms with E-state index in [0.29, 0.717) is 23.7 Å². The van der Waals surface area contributed by atoms with Gasteiger partial charge >= 0.3 is 0 Å². The van der Waals surface area contributed by atoms with E-state index in [0.717, 1.165) is 77.3 Å². The van der Waals surface area contributed by atoms with Crippen molar-refractivity contribution in [3.8, 4) is 0 Å². The molecule has 0 fully saturated rings. The third-order valence-corrected chi connectivity index (χ3v) is 8.29. The van der Waals surface area contributed by atoms with Crippen molar-refractivity contribution in [1.82, 2.24) is 19.9 Å². The summed E-state index contributed by atoms with van der Waals surface area (Å²) in [5.74, 6) is 6.84. The van der Waals surface area contributed by atoms with Gasteiger partial charge in [0.2, 0.25) is 0 Å². The Morgan fingerprint density at radius 3 is 1.28 bits per heavy atom. The maximum absolute atomic E-state index is 5.14. The maximum Gasteiger partial charge on any atom is 0.178 e. The van der Waals surface area contributed by atoms with Crippen molar-refractivity contribution in [2.75, 3.05) is 45.8 Å². The number of anilines is 4. The Hall–Kier alpha value is -4.46. The second-order valence-electron chi connectivity index (χ2n) is 14.5. The summed E-state index contributed by atoms with van der Waals surface area (Å²) in [6.45, 7) is 21.6. The Balaban J connectivity index is 1.34. The molecule has 246 valence electrons. The van der Waals surface area contributed by atoms with Crippen molar-refractivity contribution in [3.63, 3.8) is 0 Å². The predicted molar refractivity (Wildman–Crippen MR) is 198 cm³/mol. The van der Waals surface area contributed by atoms with E-state index in [4.69, 9.17) is 19.9 Å². The molecule has 0 N–H and O–H groups in total. The molecule has 4 heterocycles. The van der Waals surface area contributed by atoms with E-state index in [9.17, 15) is 0 Å². The lowest BCUT2D eigenvalue weighted by atomic mass is 10.2. The lowest BCUT2D eigenvalue weighted by Gasteiger charge is -2.31. The number of hydrogen-bond acceptors (Lipinski definition) is 8. The Morgan fingerprint density at radius 1 is 0.511 bits per heavy atom. The molecule has 0 unspecified atom stereocenters. The predicted octanol–water partition coefficient (Wildman–Crippen LogP) is 8.43. The van der Waals surface area contributed by atoms with Crippen LogP contribution in [0.1, 0.15) is 55.4 Å². The molecule has 0 bridgehead atoms. The molecular formula is C39H50N8. The minimum absolute atomic E-state index is 0.0374. The minimum atomic E-state index is 0.0374. The largest absolute Gasteiger partial charge is 0.329 e. The molecule has 2 aromatic heterocycles. The molecule has 0 spiro atoms. The first-order valence-electron chi connectivity index (χ1n) is 17.3. The molecule has 2 aromatic carbocycles. The van der Waals surface area contributed by atoms with E-state index < -0.39 is 0 Å². The molecule has 47 heavy (non-hydrogen) atoms. The van der Waals surface area contributed by atoms with Gasteiger partial charge in [-0.15, -0.1) is 0 Å². The summed E-state index contributed by atoms with van der Waals surface area (Å²) in [5, 5.41) is 0. The van der Waals surface area contributed by atoms with Gasteiger partial charge in [0.05, 0.1) is 22.1 Å². The summed E-state index contributed by atoms with van der Waals surface area (Å²) in [4.78, 5) is 30.1. The number of benzene rings is 2. The number of allylic oxidation sites excluding steroid dienone is 4. The van der Waals surface area contributed by atoms with Crippen LogP contribution in [0.2, 0.25) is 0 Å². The van der Waals surface area contributed by atoms with Gasteiger partial charge in [0.15, 0.2) is 23.3 Å². The van der Waals surface area contributed by atoms with Gasteiger partial charge in [0, 0.05) is 26.2 Å². The maximum atomic E-state index is 5.14. The van der Waals surface area contributed by atoms with Gasteiger partial charge in [-0.2, -0.15) is 0 Å². The number of rotatable bonds is 11. The van der Waals surface area contributed by atoms with Gasteiger partial charge in [-0.25, -0.2) is 19.9 Å². The zero-order valence-electron chi connectivity index (χ0n) is 29.3. The van der Waals surface area contributed by atoms with E-state index in [2.05, 4.69) is 130 Å². The van der Waals surface area contributed by atoms with Crippen LogP contribution in [-0.4, -0.2) is 52.3 Å². The fourth-order valence-electron chi connectivity index (χ4n) is 6.51. The number of hydrogen-bond donors (Lipinski definition) is 0. The Bertz CT molecular complexity index is 1690. The van der Waals surface area contributed by atoms with Crippen LogP contribution >= 0.6 is 0 Å². The molecule has 0 amide bonds. The van der Waals surface area contributed by atoms with Crippen LogP contribution < -0.4 is 19.6 Å². The molecule has 8 heteroatoms. The smallest absolute Gasteiger partial charge is 0.178 e. The Morgan fingerprint density at radius 2 is 0.894 bits per heavy atom. The summed E-state index contributed by atoms with van der Waals surface area (Å²) in [6, 6.07) is 16.4. The lowest BCUT2D eigenvalue weighted by Crippen LogP contribution is -2.45. The lowest BCUT2D eigenvalue weighted by molar-refractivity contribution is 0.540. The van der Waals surface area contributed by atoms with Crippen LogP contribution in [0.5, 0.6) is 0 Å². The molecule has 6 rings (SSSR count). The fourth-order valence-corrected chi connectivity index (χ4v) is 6.51. The van der Waals surface area contributed by atoms with Crippen molar-refractivity contribution in [2.24, 2.45) is 23.7 Å². The molecule has 0 aliphatic carbocycles. The molecule has 0 saturated carbocycles. The van der Waals surface area contributed by atoms with Crippen molar-refractivity contribution in [1.29, 1.82) is 0 Å². The zero-order chi connectivity index (χ0) is 33.2. The summed E-state index contributed by atoms with van der Waals surface area (Å²) in [6.07, 6.45) is 11.0. The normalized spacial score (nSPS) is 15.4. The first-order valence-corrected chi connectivity index (χ1v) is 17.3. The molecule has 0 radical (unpaired) electrons. The number of fused-ring (bicyclic) bond motifs is 4. The Kier molecular flexibility index (Phi) is 9.48. The third-order valence-electron chi connectivity index (χ3n) is 8.29. The summed E-state index contributed by atoms with van der Waals surface area (Å²) in [7, 11) is 0. The fraction of sp³-hybridized carbons (Fsp3) is 0.436. The second kappa shape index (κ2) is 13.7. The molecule has 0 saturated heterocycles. The van der Waals surface area contributed by atoms with Crippen molar-refractivity contribution >= 4 is 45.3 Å². The molecule has 0 atom stereocenters. The molecule has 8 nitrogen and oxygen atoms in total.